The molecule has 1 saturated heterocycles. The third kappa shape index (κ3) is 3.07. The maximum absolute atomic E-state index is 12.3. The SMILES string of the molecule is CCCC1NC(=O)CCN(Cc2cscn2)C1=O. The summed E-state index contributed by atoms with van der Waals surface area (Å²) < 4.78 is 0. The van der Waals surface area contributed by atoms with Crippen molar-refractivity contribution >= 4 is 23.2 Å². The van der Waals surface area contributed by atoms with E-state index in [9.17, 15) is 9.59 Å². The molecule has 1 fully saturated rings. The third-order valence-electron chi connectivity index (χ3n) is 2.97. The van der Waals surface area contributed by atoms with Gasteiger partial charge in [-0.15, -0.1) is 11.3 Å². The molecule has 0 bridgehead atoms. The van der Waals surface area contributed by atoms with Gasteiger partial charge >= 0.3 is 0 Å². The first kappa shape index (κ1) is 13.0. The van der Waals surface area contributed by atoms with Crippen LogP contribution in [0, 0.1) is 0 Å². The molecule has 2 heterocycles. The van der Waals surface area contributed by atoms with Gasteiger partial charge in [0.25, 0.3) is 0 Å². The van der Waals surface area contributed by atoms with E-state index in [-0.39, 0.29) is 17.9 Å². The monoisotopic (exact) mass is 267 g/mol. The second-order valence-corrected chi connectivity index (χ2v) is 5.12. The lowest BCUT2D eigenvalue weighted by Crippen LogP contribution is -2.44. The molecule has 1 aromatic rings. The number of amides is 2. The van der Waals surface area contributed by atoms with Crippen molar-refractivity contribution in [3.05, 3.63) is 16.6 Å². The van der Waals surface area contributed by atoms with E-state index < -0.39 is 0 Å². The van der Waals surface area contributed by atoms with Crippen molar-refractivity contribution in [3.8, 4) is 0 Å². The highest BCUT2D eigenvalue weighted by atomic mass is 32.1. The summed E-state index contributed by atoms with van der Waals surface area (Å²) in [4.78, 5) is 29.8. The first-order valence-corrected chi connectivity index (χ1v) is 7.10. The molecule has 1 aliphatic rings. The molecule has 0 saturated carbocycles. The molecule has 0 radical (unpaired) electrons. The van der Waals surface area contributed by atoms with Crippen LogP contribution in [0.3, 0.4) is 0 Å². The van der Waals surface area contributed by atoms with Crippen molar-refractivity contribution in [2.75, 3.05) is 6.54 Å². The van der Waals surface area contributed by atoms with E-state index in [1.165, 1.54) is 11.3 Å². The molecule has 0 aromatic carbocycles. The van der Waals surface area contributed by atoms with Crippen LogP contribution in [0.1, 0.15) is 31.9 Å². The van der Waals surface area contributed by atoms with Crippen LogP contribution in [0.2, 0.25) is 0 Å². The lowest BCUT2D eigenvalue weighted by molar-refractivity contribution is -0.134. The van der Waals surface area contributed by atoms with E-state index in [4.69, 9.17) is 0 Å². The van der Waals surface area contributed by atoms with Crippen molar-refractivity contribution in [2.45, 2.75) is 38.8 Å². The first-order chi connectivity index (χ1) is 8.70. The Labute approximate surface area is 110 Å². The van der Waals surface area contributed by atoms with Gasteiger partial charge in [0.05, 0.1) is 17.7 Å². The highest BCUT2D eigenvalue weighted by molar-refractivity contribution is 7.07. The van der Waals surface area contributed by atoms with Gasteiger partial charge in [0, 0.05) is 18.3 Å². The number of aromatic nitrogens is 1. The second kappa shape index (κ2) is 5.95. The van der Waals surface area contributed by atoms with Crippen molar-refractivity contribution in [3.63, 3.8) is 0 Å². The van der Waals surface area contributed by atoms with Gasteiger partial charge in [0.2, 0.25) is 11.8 Å². The van der Waals surface area contributed by atoms with E-state index in [0.717, 1.165) is 12.1 Å². The average Bonchev–Trinajstić information content (AvgIpc) is 2.81. The van der Waals surface area contributed by atoms with Gasteiger partial charge in [-0.1, -0.05) is 13.3 Å². The number of nitrogens with one attached hydrogen (secondary N) is 1. The minimum absolute atomic E-state index is 0.00991. The average molecular weight is 267 g/mol. The molecule has 1 atom stereocenters. The Morgan fingerprint density at radius 3 is 3.06 bits per heavy atom. The molecule has 98 valence electrons. The van der Waals surface area contributed by atoms with Crippen molar-refractivity contribution < 1.29 is 9.59 Å². The Balaban J connectivity index is 2.08. The van der Waals surface area contributed by atoms with E-state index in [1.807, 2.05) is 12.3 Å². The largest absolute Gasteiger partial charge is 0.344 e. The first-order valence-electron chi connectivity index (χ1n) is 6.16. The van der Waals surface area contributed by atoms with Crippen LogP contribution < -0.4 is 5.32 Å². The number of rotatable bonds is 4. The quantitative estimate of drug-likeness (QED) is 0.890. The number of carbonyl (C=O) groups excluding carboxylic acids is 2. The van der Waals surface area contributed by atoms with Gasteiger partial charge in [0.1, 0.15) is 6.04 Å². The van der Waals surface area contributed by atoms with Gasteiger partial charge in [0.15, 0.2) is 0 Å². The number of thiazole rings is 1. The standard InChI is InChI=1S/C12H17N3O2S/c1-2-3-10-12(17)15(5-4-11(16)14-10)6-9-7-18-8-13-9/h7-8,10H,2-6H2,1H3,(H,14,16). The summed E-state index contributed by atoms with van der Waals surface area (Å²) in [5.74, 6) is -0.0294. The Bertz CT molecular complexity index is 419. The summed E-state index contributed by atoms with van der Waals surface area (Å²) in [6, 6.07) is -0.372. The lowest BCUT2D eigenvalue weighted by atomic mass is 10.1. The van der Waals surface area contributed by atoms with Crippen molar-refractivity contribution in [1.82, 2.24) is 15.2 Å². The molecule has 2 rings (SSSR count). The Kier molecular flexibility index (Phi) is 4.30. The minimum atomic E-state index is -0.372. The van der Waals surface area contributed by atoms with Gasteiger partial charge in [-0.25, -0.2) is 4.98 Å². The summed E-state index contributed by atoms with van der Waals surface area (Å²) in [5, 5.41) is 4.72. The van der Waals surface area contributed by atoms with Crippen molar-refractivity contribution in [1.29, 1.82) is 0 Å². The molecule has 2 amide bonds. The smallest absolute Gasteiger partial charge is 0.245 e. The Morgan fingerprint density at radius 2 is 2.39 bits per heavy atom. The minimum Gasteiger partial charge on any atom is -0.344 e. The zero-order valence-electron chi connectivity index (χ0n) is 10.4. The molecule has 5 nitrogen and oxygen atoms in total. The number of carbonyl (C=O) groups is 2. The molecular weight excluding hydrogens is 250 g/mol. The Hall–Kier alpha value is -1.43. The molecule has 6 heteroatoms. The molecule has 18 heavy (non-hydrogen) atoms. The van der Waals surface area contributed by atoms with E-state index in [2.05, 4.69) is 10.3 Å². The van der Waals surface area contributed by atoms with E-state index in [1.54, 1.807) is 10.4 Å². The molecule has 1 unspecified atom stereocenters. The molecule has 0 spiro atoms. The van der Waals surface area contributed by atoms with Gasteiger partial charge < -0.3 is 10.2 Å². The van der Waals surface area contributed by atoms with Crippen molar-refractivity contribution in [2.24, 2.45) is 0 Å². The van der Waals surface area contributed by atoms with Gasteiger partial charge in [-0.05, 0) is 6.42 Å². The van der Waals surface area contributed by atoms with Crippen LogP contribution in [0.15, 0.2) is 10.9 Å². The fourth-order valence-electron chi connectivity index (χ4n) is 2.05. The molecule has 1 N–H and O–H groups in total. The molecule has 0 aliphatic carbocycles. The van der Waals surface area contributed by atoms with E-state index >= 15 is 0 Å². The number of hydrogen-bond donors (Lipinski definition) is 1. The van der Waals surface area contributed by atoms with Crippen LogP contribution in [-0.2, 0) is 16.1 Å². The van der Waals surface area contributed by atoms with Crippen LogP contribution in [0.25, 0.3) is 0 Å². The maximum atomic E-state index is 12.3. The zero-order chi connectivity index (χ0) is 13.0. The molecule has 1 aliphatic heterocycles. The normalized spacial score (nSPS) is 20.7. The topological polar surface area (TPSA) is 62.3 Å². The van der Waals surface area contributed by atoms with E-state index in [0.29, 0.717) is 25.9 Å². The fourth-order valence-corrected chi connectivity index (χ4v) is 2.60. The Morgan fingerprint density at radius 1 is 1.56 bits per heavy atom. The lowest BCUT2D eigenvalue weighted by Gasteiger charge is -2.23. The summed E-state index contributed by atoms with van der Waals surface area (Å²) in [5.41, 5.74) is 2.64. The zero-order valence-corrected chi connectivity index (χ0v) is 11.2. The summed E-state index contributed by atoms with van der Waals surface area (Å²) in [6.07, 6.45) is 1.94. The number of nitrogens with zero attached hydrogens (tertiary/aromatic N) is 2. The third-order valence-corrected chi connectivity index (χ3v) is 3.60. The van der Waals surface area contributed by atoms with Crippen LogP contribution in [-0.4, -0.2) is 34.3 Å². The highest BCUT2D eigenvalue weighted by Crippen LogP contribution is 2.12. The summed E-state index contributed by atoms with van der Waals surface area (Å²) >= 11 is 1.51. The highest BCUT2D eigenvalue weighted by Gasteiger charge is 2.29. The maximum Gasteiger partial charge on any atom is 0.245 e. The van der Waals surface area contributed by atoms with Crippen LogP contribution in [0.5, 0.6) is 0 Å². The summed E-state index contributed by atoms with van der Waals surface area (Å²) in [7, 11) is 0. The van der Waals surface area contributed by atoms with Crippen LogP contribution in [0.4, 0.5) is 0 Å². The molecule has 1 aromatic heterocycles. The predicted molar refractivity (Wildman–Crippen MR) is 69.0 cm³/mol. The van der Waals surface area contributed by atoms with Gasteiger partial charge in [-0.3, -0.25) is 9.59 Å². The number of hydrogen-bond acceptors (Lipinski definition) is 4. The van der Waals surface area contributed by atoms with Crippen LogP contribution >= 0.6 is 11.3 Å². The predicted octanol–water partition coefficient (Wildman–Crippen LogP) is 1.16. The fraction of sp³-hybridized carbons (Fsp3) is 0.583. The second-order valence-electron chi connectivity index (χ2n) is 4.40. The van der Waals surface area contributed by atoms with Gasteiger partial charge in [-0.2, -0.15) is 0 Å². The summed E-state index contributed by atoms with van der Waals surface area (Å²) in [6.45, 7) is 2.98. The molecular formula is C12H17N3O2S.